The van der Waals surface area contributed by atoms with Crippen LogP contribution >= 0.6 is 11.6 Å². The highest BCUT2D eigenvalue weighted by molar-refractivity contribution is 6.17. The van der Waals surface area contributed by atoms with E-state index >= 15 is 0 Å². The number of rotatable bonds is 6. The minimum absolute atomic E-state index is 0.0132. The van der Waals surface area contributed by atoms with Crippen molar-refractivity contribution in [2.75, 3.05) is 12.5 Å². The van der Waals surface area contributed by atoms with Gasteiger partial charge in [-0.05, 0) is 17.7 Å². The topological polar surface area (TPSA) is 55.8 Å². The van der Waals surface area contributed by atoms with Crippen molar-refractivity contribution in [2.45, 2.75) is 12.5 Å². The maximum Gasteiger partial charge on any atom is 0.573 e. The summed E-state index contributed by atoms with van der Waals surface area (Å²) >= 11 is 5.37. The molecule has 0 saturated heterocycles. The van der Waals surface area contributed by atoms with Crippen LogP contribution in [-0.2, 0) is 9.53 Å². The van der Waals surface area contributed by atoms with Gasteiger partial charge in [-0.2, -0.15) is 0 Å². The first-order valence-corrected chi connectivity index (χ1v) is 5.63. The van der Waals surface area contributed by atoms with Crippen molar-refractivity contribution < 1.29 is 32.5 Å². The zero-order valence-corrected chi connectivity index (χ0v) is 10.2. The summed E-state index contributed by atoms with van der Waals surface area (Å²) in [6, 6.07) is 4.41. The van der Waals surface area contributed by atoms with E-state index in [4.69, 9.17) is 21.4 Å². The lowest BCUT2D eigenvalue weighted by atomic mass is 10.1. The molecule has 1 rings (SSSR count). The van der Waals surface area contributed by atoms with Crippen LogP contribution in [0.1, 0.15) is 11.7 Å². The fourth-order valence-electron chi connectivity index (χ4n) is 1.32. The van der Waals surface area contributed by atoms with Crippen LogP contribution in [0.25, 0.3) is 0 Å². The Morgan fingerprint density at radius 1 is 1.32 bits per heavy atom. The van der Waals surface area contributed by atoms with Gasteiger partial charge in [0.25, 0.3) is 0 Å². The lowest BCUT2D eigenvalue weighted by Crippen LogP contribution is -2.18. The summed E-state index contributed by atoms with van der Waals surface area (Å²) in [5, 5.41) is 8.93. The number of ether oxygens (including phenoxy) is 2. The summed E-state index contributed by atoms with van der Waals surface area (Å²) in [5.41, 5.74) is 0.201. The number of alkyl halides is 4. The van der Waals surface area contributed by atoms with Crippen molar-refractivity contribution in [3.8, 4) is 5.75 Å². The number of carbonyl (C=O) groups is 1. The van der Waals surface area contributed by atoms with Crippen LogP contribution in [0.5, 0.6) is 5.75 Å². The number of carboxylic acid groups (broad SMARTS) is 1. The molecule has 1 aromatic rings. The number of hydrogen-bond acceptors (Lipinski definition) is 3. The first kappa shape index (κ1) is 15.6. The first-order chi connectivity index (χ1) is 8.83. The Kier molecular flexibility index (Phi) is 5.44. The molecule has 8 heteroatoms. The molecule has 0 aliphatic heterocycles. The molecule has 1 atom stereocenters. The molecule has 0 saturated carbocycles. The third-order valence-corrected chi connectivity index (χ3v) is 2.16. The largest absolute Gasteiger partial charge is 0.573 e. The van der Waals surface area contributed by atoms with Crippen molar-refractivity contribution in [1.29, 1.82) is 0 Å². The SMILES string of the molecule is O=C(O)C(OCCCl)c1ccc(OC(F)(F)F)cc1. The van der Waals surface area contributed by atoms with Crippen molar-refractivity contribution in [1.82, 2.24) is 0 Å². The second-order valence-electron chi connectivity index (χ2n) is 3.39. The first-order valence-electron chi connectivity index (χ1n) is 5.09. The third-order valence-electron chi connectivity index (χ3n) is 2.00. The molecule has 106 valence electrons. The van der Waals surface area contributed by atoms with Crippen molar-refractivity contribution >= 4 is 17.6 Å². The van der Waals surface area contributed by atoms with Crippen LogP contribution in [0, 0.1) is 0 Å². The van der Waals surface area contributed by atoms with Gasteiger partial charge in [0.15, 0.2) is 6.10 Å². The van der Waals surface area contributed by atoms with E-state index < -0.39 is 24.2 Å². The molecule has 0 fully saturated rings. The molecule has 0 aromatic heterocycles. The van der Waals surface area contributed by atoms with Crippen molar-refractivity contribution in [2.24, 2.45) is 0 Å². The Hall–Kier alpha value is -1.47. The van der Waals surface area contributed by atoms with Gasteiger partial charge in [0, 0.05) is 5.88 Å². The molecule has 1 unspecified atom stereocenters. The molecule has 1 aromatic carbocycles. The van der Waals surface area contributed by atoms with E-state index in [9.17, 15) is 18.0 Å². The van der Waals surface area contributed by atoms with E-state index in [2.05, 4.69) is 4.74 Å². The molecule has 0 radical (unpaired) electrons. The normalized spacial score (nSPS) is 13.1. The summed E-state index contributed by atoms with van der Waals surface area (Å²) < 4.78 is 44.5. The predicted octanol–water partition coefficient (Wildman–Crippen LogP) is 2.97. The number of carboxylic acids is 1. The Morgan fingerprint density at radius 3 is 2.32 bits per heavy atom. The highest BCUT2D eigenvalue weighted by Crippen LogP contribution is 2.25. The fraction of sp³-hybridized carbons (Fsp3) is 0.364. The Balaban J connectivity index is 2.80. The van der Waals surface area contributed by atoms with Gasteiger partial charge in [0.05, 0.1) is 6.61 Å². The summed E-state index contributed by atoms with van der Waals surface area (Å²) in [7, 11) is 0. The van der Waals surface area contributed by atoms with Gasteiger partial charge in [0.1, 0.15) is 5.75 Å². The standard InChI is InChI=1S/C11H10ClF3O4/c12-5-6-18-9(10(16)17)7-1-3-8(4-2-7)19-11(13,14)15/h1-4,9H,5-6H2,(H,16,17). The zero-order chi connectivity index (χ0) is 14.5. The minimum atomic E-state index is -4.79. The average Bonchev–Trinajstić information content (AvgIpc) is 2.29. The van der Waals surface area contributed by atoms with Gasteiger partial charge in [-0.25, -0.2) is 4.79 Å². The summed E-state index contributed by atoms with van der Waals surface area (Å²) in [4.78, 5) is 10.9. The van der Waals surface area contributed by atoms with Gasteiger partial charge < -0.3 is 14.6 Å². The molecule has 0 aliphatic carbocycles. The van der Waals surface area contributed by atoms with Crippen LogP contribution < -0.4 is 4.74 Å². The quantitative estimate of drug-likeness (QED) is 0.820. The summed E-state index contributed by atoms with van der Waals surface area (Å²) in [6.07, 6.45) is -6.07. The van der Waals surface area contributed by atoms with Crippen LogP contribution in [0.2, 0.25) is 0 Å². The molecule has 0 heterocycles. The van der Waals surface area contributed by atoms with Gasteiger partial charge in [-0.1, -0.05) is 12.1 Å². The van der Waals surface area contributed by atoms with Crippen LogP contribution in [0.4, 0.5) is 13.2 Å². The van der Waals surface area contributed by atoms with E-state index in [0.29, 0.717) is 0 Å². The summed E-state index contributed by atoms with van der Waals surface area (Å²) in [5.74, 6) is -1.58. The van der Waals surface area contributed by atoms with Crippen LogP contribution in [0.3, 0.4) is 0 Å². The molecule has 0 aliphatic rings. The molecule has 0 bridgehead atoms. The molecular weight excluding hydrogens is 289 g/mol. The molecule has 0 spiro atoms. The Labute approximate surface area is 111 Å². The van der Waals surface area contributed by atoms with E-state index in [0.717, 1.165) is 12.1 Å². The molecule has 4 nitrogen and oxygen atoms in total. The second kappa shape index (κ2) is 6.63. The lowest BCUT2D eigenvalue weighted by Gasteiger charge is -2.14. The fourth-order valence-corrected chi connectivity index (χ4v) is 1.41. The predicted molar refractivity (Wildman–Crippen MR) is 60.2 cm³/mol. The van der Waals surface area contributed by atoms with Crippen LogP contribution in [-0.4, -0.2) is 29.9 Å². The maximum atomic E-state index is 11.9. The van der Waals surface area contributed by atoms with E-state index in [1.165, 1.54) is 12.1 Å². The maximum absolute atomic E-state index is 11.9. The number of benzene rings is 1. The Morgan fingerprint density at radius 2 is 1.89 bits per heavy atom. The van der Waals surface area contributed by atoms with Crippen LogP contribution in [0.15, 0.2) is 24.3 Å². The monoisotopic (exact) mass is 298 g/mol. The van der Waals surface area contributed by atoms with E-state index in [-0.39, 0.29) is 18.1 Å². The second-order valence-corrected chi connectivity index (χ2v) is 3.77. The smallest absolute Gasteiger partial charge is 0.479 e. The zero-order valence-electron chi connectivity index (χ0n) is 9.48. The Bertz CT molecular complexity index is 419. The molecule has 1 N–H and O–H groups in total. The van der Waals surface area contributed by atoms with Crippen molar-refractivity contribution in [3.05, 3.63) is 29.8 Å². The number of halogens is 4. The van der Waals surface area contributed by atoms with Crippen molar-refractivity contribution in [3.63, 3.8) is 0 Å². The van der Waals surface area contributed by atoms with Gasteiger partial charge >= 0.3 is 12.3 Å². The van der Waals surface area contributed by atoms with Gasteiger partial charge in [0.2, 0.25) is 0 Å². The molecule has 19 heavy (non-hydrogen) atoms. The molecular formula is C11H10ClF3O4. The number of hydrogen-bond donors (Lipinski definition) is 1. The summed E-state index contributed by atoms with van der Waals surface area (Å²) in [6.45, 7) is 0.0132. The van der Waals surface area contributed by atoms with Gasteiger partial charge in [-0.3, -0.25) is 0 Å². The lowest BCUT2D eigenvalue weighted by molar-refractivity contribution is -0.274. The number of aliphatic carboxylic acids is 1. The highest BCUT2D eigenvalue weighted by atomic mass is 35.5. The highest BCUT2D eigenvalue weighted by Gasteiger charge is 2.31. The molecule has 0 amide bonds. The third kappa shape index (κ3) is 5.35. The minimum Gasteiger partial charge on any atom is -0.479 e. The van der Waals surface area contributed by atoms with E-state index in [1.807, 2.05) is 0 Å². The van der Waals surface area contributed by atoms with E-state index in [1.54, 1.807) is 0 Å². The van der Waals surface area contributed by atoms with Gasteiger partial charge in [-0.15, -0.1) is 24.8 Å². The average molecular weight is 299 g/mol.